The van der Waals surface area contributed by atoms with Crippen LogP contribution in [0.25, 0.3) is 0 Å². The molecule has 0 bridgehead atoms. The van der Waals surface area contributed by atoms with E-state index < -0.39 is 0 Å². The van der Waals surface area contributed by atoms with E-state index in [1.807, 2.05) is 18.2 Å². The second kappa shape index (κ2) is 6.08. The van der Waals surface area contributed by atoms with Crippen molar-refractivity contribution in [1.82, 2.24) is 0 Å². The largest absolute Gasteiger partial charge is 0.192 e. The van der Waals surface area contributed by atoms with Crippen molar-refractivity contribution in [2.75, 3.05) is 0 Å². The zero-order chi connectivity index (χ0) is 13.0. The molecule has 0 aliphatic rings. The molecule has 3 heteroatoms. The molecule has 0 aromatic heterocycles. The van der Waals surface area contributed by atoms with E-state index in [0.717, 1.165) is 15.8 Å². The third-order valence-corrected chi connectivity index (χ3v) is 4.62. The first-order valence-corrected chi connectivity index (χ1v) is 7.30. The van der Waals surface area contributed by atoms with Crippen LogP contribution in [0.3, 0.4) is 0 Å². The van der Waals surface area contributed by atoms with E-state index in [1.54, 1.807) is 11.8 Å². The zero-order valence-corrected chi connectivity index (χ0v) is 12.4. The standard InChI is InChI=1S/C15H12BrNS/c1-2-11-3-6-13(7-4-11)18-15-8-5-12(10-17)9-14(15)16/h3-9H,2H2,1H3. The Morgan fingerprint density at radius 2 is 1.89 bits per heavy atom. The number of nitriles is 1. The minimum atomic E-state index is 0.674. The van der Waals surface area contributed by atoms with Gasteiger partial charge in [0.1, 0.15) is 0 Å². The van der Waals surface area contributed by atoms with Gasteiger partial charge in [-0.1, -0.05) is 30.8 Å². The molecule has 18 heavy (non-hydrogen) atoms. The van der Waals surface area contributed by atoms with Crippen molar-refractivity contribution >= 4 is 27.7 Å². The van der Waals surface area contributed by atoms with E-state index in [9.17, 15) is 0 Å². The molecule has 0 saturated carbocycles. The molecule has 0 aliphatic carbocycles. The number of hydrogen-bond acceptors (Lipinski definition) is 2. The molecule has 2 rings (SSSR count). The van der Waals surface area contributed by atoms with Crippen LogP contribution in [0.2, 0.25) is 0 Å². The molecule has 0 unspecified atom stereocenters. The van der Waals surface area contributed by atoms with Crippen molar-refractivity contribution in [1.29, 1.82) is 5.26 Å². The Balaban J connectivity index is 2.20. The fourth-order valence-electron chi connectivity index (χ4n) is 1.57. The Hall–Kier alpha value is -1.24. The Labute approximate surface area is 120 Å². The van der Waals surface area contributed by atoms with Crippen molar-refractivity contribution in [2.24, 2.45) is 0 Å². The summed E-state index contributed by atoms with van der Waals surface area (Å²) >= 11 is 5.20. The van der Waals surface area contributed by atoms with E-state index in [4.69, 9.17) is 5.26 Å². The van der Waals surface area contributed by atoms with Gasteiger partial charge in [-0.15, -0.1) is 0 Å². The summed E-state index contributed by atoms with van der Waals surface area (Å²) in [5, 5.41) is 8.82. The number of aryl methyl sites for hydroxylation is 1. The van der Waals surface area contributed by atoms with Gasteiger partial charge in [0.05, 0.1) is 11.6 Å². The van der Waals surface area contributed by atoms with Crippen LogP contribution in [-0.4, -0.2) is 0 Å². The molecule has 0 radical (unpaired) electrons. The van der Waals surface area contributed by atoms with Gasteiger partial charge in [-0.2, -0.15) is 5.26 Å². The highest BCUT2D eigenvalue weighted by Crippen LogP contribution is 2.34. The molecule has 0 atom stereocenters. The average Bonchev–Trinajstić information content (AvgIpc) is 2.42. The summed E-state index contributed by atoms with van der Waals surface area (Å²) in [6.45, 7) is 2.15. The summed E-state index contributed by atoms with van der Waals surface area (Å²) in [6.07, 6.45) is 1.06. The molecule has 0 amide bonds. The van der Waals surface area contributed by atoms with Gasteiger partial charge < -0.3 is 0 Å². The number of halogens is 1. The van der Waals surface area contributed by atoms with Crippen LogP contribution in [0.15, 0.2) is 56.7 Å². The zero-order valence-electron chi connectivity index (χ0n) is 9.98. The van der Waals surface area contributed by atoms with E-state index >= 15 is 0 Å². The van der Waals surface area contributed by atoms with Gasteiger partial charge >= 0.3 is 0 Å². The molecular formula is C15H12BrNS. The minimum Gasteiger partial charge on any atom is -0.192 e. The van der Waals surface area contributed by atoms with Crippen molar-refractivity contribution in [3.63, 3.8) is 0 Å². The van der Waals surface area contributed by atoms with Crippen LogP contribution in [0, 0.1) is 11.3 Å². The maximum Gasteiger partial charge on any atom is 0.0992 e. The van der Waals surface area contributed by atoms with E-state index in [0.29, 0.717) is 5.56 Å². The summed E-state index contributed by atoms with van der Waals surface area (Å²) in [4.78, 5) is 2.33. The van der Waals surface area contributed by atoms with Crippen LogP contribution in [-0.2, 0) is 6.42 Å². The number of benzene rings is 2. The second-order valence-electron chi connectivity index (χ2n) is 3.86. The lowest BCUT2D eigenvalue weighted by Gasteiger charge is -2.05. The molecule has 0 N–H and O–H groups in total. The van der Waals surface area contributed by atoms with Gasteiger partial charge in [-0.05, 0) is 58.2 Å². The van der Waals surface area contributed by atoms with Gasteiger partial charge in [-0.25, -0.2) is 0 Å². The summed E-state index contributed by atoms with van der Waals surface area (Å²) in [5.41, 5.74) is 2.02. The van der Waals surface area contributed by atoms with Crippen LogP contribution in [0.1, 0.15) is 18.1 Å². The average molecular weight is 318 g/mol. The van der Waals surface area contributed by atoms with Crippen molar-refractivity contribution in [2.45, 2.75) is 23.1 Å². The van der Waals surface area contributed by atoms with Crippen molar-refractivity contribution in [3.8, 4) is 6.07 Å². The molecule has 2 aromatic rings. The maximum absolute atomic E-state index is 8.82. The van der Waals surface area contributed by atoms with Crippen LogP contribution in [0.5, 0.6) is 0 Å². The molecule has 90 valence electrons. The number of hydrogen-bond donors (Lipinski definition) is 0. The minimum absolute atomic E-state index is 0.674. The lowest BCUT2D eigenvalue weighted by Crippen LogP contribution is -1.81. The van der Waals surface area contributed by atoms with Gasteiger partial charge in [0, 0.05) is 14.3 Å². The first-order valence-electron chi connectivity index (χ1n) is 5.69. The molecule has 1 nitrogen and oxygen atoms in total. The second-order valence-corrected chi connectivity index (χ2v) is 5.83. The topological polar surface area (TPSA) is 23.8 Å². The smallest absolute Gasteiger partial charge is 0.0992 e. The summed E-state index contributed by atoms with van der Waals surface area (Å²) in [6, 6.07) is 16.4. The Morgan fingerprint density at radius 1 is 1.17 bits per heavy atom. The Bertz CT molecular complexity index is 584. The fourth-order valence-corrected chi connectivity index (χ4v) is 3.01. The highest BCUT2D eigenvalue weighted by molar-refractivity contribution is 9.10. The van der Waals surface area contributed by atoms with Gasteiger partial charge in [-0.3, -0.25) is 0 Å². The highest BCUT2D eigenvalue weighted by Gasteiger charge is 2.03. The third-order valence-electron chi connectivity index (χ3n) is 2.62. The summed E-state index contributed by atoms with van der Waals surface area (Å²) < 4.78 is 0.964. The van der Waals surface area contributed by atoms with E-state index in [-0.39, 0.29) is 0 Å². The van der Waals surface area contributed by atoms with Crippen LogP contribution >= 0.6 is 27.7 Å². The quantitative estimate of drug-likeness (QED) is 0.792. The molecule has 0 saturated heterocycles. The van der Waals surface area contributed by atoms with Crippen LogP contribution < -0.4 is 0 Å². The molecule has 0 spiro atoms. The van der Waals surface area contributed by atoms with Crippen molar-refractivity contribution in [3.05, 3.63) is 58.1 Å². The summed E-state index contributed by atoms with van der Waals surface area (Å²) in [5.74, 6) is 0. The molecule has 2 aromatic carbocycles. The van der Waals surface area contributed by atoms with Gasteiger partial charge in [0.2, 0.25) is 0 Å². The number of rotatable bonds is 3. The van der Waals surface area contributed by atoms with Gasteiger partial charge in [0.15, 0.2) is 0 Å². The fraction of sp³-hybridized carbons (Fsp3) is 0.133. The lowest BCUT2D eigenvalue weighted by atomic mass is 10.2. The SMILES string of the molecule is CCc1ccc(Sc2ccc(C#N)cc2Br)cc1. The molecule has 0 fully saturated rings. The predicted molar refractivity (Wildman–Crippen MR) is 78.8 cm³/mol. The molecule has 0 aliphatic heterocycles. The Kier molecular flexibility index (Phi) is 4.46. The van der Waals surface area contributed by atoms with E-state index in [2.05, 4.69) is 53.2 Å². The highest BCUT2D eigenvalue weighted by atomic mass is 79.9. The molecular weight excluding hydrogens is 306 g/mol. The maximum atomic E-state index is 8.82. The third kappa shape index (κ3) is 3.16. The predicted octanol–water partition coefficient (Wildman–Crippen LogP) is 5.03. The lowest BCUT2D eigenvalue weighted by molar-refractivity contribution is 1.13. The van der Waals surface area contributed by atoms with E-state index in [1.165, 1.54) is 10.5 Å². The summed E-state index contributed by atoms with van der Waals surface area (Å²) in [7, 11) is 0. The monoisotopic (exact) mass is 317 g/mol. The van der Waals surface area contributed by atoms with Crippen LogP contribution in [0.4, 0.5) is 0 Å². The normalized spacial score (nSPS) is 10.1. The molecule has 0 heterocycles. The van der Waals surface area contributed by atoms with Crippen molar-refractivity contribution < 1.29 is 0 Å². The Morgan fingerprint density at radius 3 is 2.44 bits per heavy atom. The van der Waals surface area contributed by atoms with Gasteiger partial charge in [0.25, 0.3) is 0 Å². The first-order chi connectivity index (χ1) is 8.72. The number of nitrogens with zero attached hydrogens (tertiary/aromatic N) is 1. The first kappa shape index (κ1) is 13.2.